The SMILES string of the molecule is CC[C@]1(C)C(C)C[C@@H](N)C1O. The fourth-order valence-corrected chi connectivity index (χ4v) is 2.14. The molecule has 0 aromatic rings. The highest BCUT2D eigenvalue weighted by Gasteiger charge is 2.46. The van der Waals surface area contributed by atoms with Gasteiger partial charge < -0.3 is 10.8 Å². The third kappa shape index (κ3) is 1.18. The van der Waals surface area contributed by atoms with Crippen LogP contribution in [0.15, 0.2) is 0 Å². The maximum absolute atomic E-state index is 9.76. The molecular weight excluding hydrogens is 138 g/mol. The first-order valence-corrected chi connectivity index (χ1v) is 4.46. The van der Waals surface area contributed by atoms with Gasteiger partial charge in [0.05, 0.1) is 6.10 Å². The molecule has 0 spiro atoms. The van der Waals surface area contributed by atoms with Crippen LogP contribution in [0.3, 0.4) is 0 Å². The molecule has 0 amide bonds. The fourth-order valence-electron chi connectivity index (χ4n) is 2.14. The molecule has 1 rings (SSSR count). The van der Waals surface area contributed by atoms with Crippen molar-refractivity contribution in [1.82, 2.24) is 0 Å². The Morgan fingerprint density at radius 2 is 2.18 bits per heavy atom. The second-order valence-electron chi connectivity index (χ2n) is 4.10. The van der Waals surface area contributed by atoms with Crippen molar-refractivity contribution < 1.29 is 5.11 Å². The highest BCUT2D eigenvalue weighted by molar-refractivity contribution is 4.99. The molecule has 0 saturated heterocycles. The minimum Gasteiger partial charge on any atom is -0.391 e. The summed E-state index contributed by atoms with van der Waals surface area (Å²) in [6.07, 6.45) is 1.68. The van der Waals surface area contributed by atoms with Crippen molar-refractivity contribution in [1.29, 1.82) is 0 Å². The molecule has 0 aromatic carbocycles. The summed E-state index contributed by atoms with van der Waals surface area (Å²) in [4.78, 5) is 0. The van der Waals surface area contributed by atoms with E-state index in [9.17, 15) is 5.11 Å². The van der Waals surface area contributed by atoms with Gasteiger partial charge in [-0.2, -0.15) is 0 Å². The van der Waals surface area contributed by atoms with Crippen LogP contribution >= 0.6 is 0 Å². The Bertz CT molecular complexity index is 148. The molecule has 1 aliphatic rings. The van der Waals surface area contributed by atoms with E-state index < -0.39 is 0 Å². The van der Waals surface area contributed by atoms with Gasteiger partial charge in [-0.15, -0.1) is 0 Å². The number of rotatable bonds is 1. The first-order valence-electron chi connectivity index (χ1n) is 4.46. The first-order chi connectivity index (χ1) is 5.02. The lowest BCUT2D eigenvalue weighted by Gasteiger charge is -2.31. The lowest BCUT2D eigenvalue weighted by atomic mass is 9.77. The zero-order chi connectivity index (χ0) is 8.65. The summed E-state index contributed by atoms with van der Waals surface area (Å²) >= 11 is 0. The lowest BCUT2D eigenvalue weighted by molar-refractivity contribution is 0.0332. The highest BCUT2D eigenvalue weighted by Crippen LogP contribution is 2.44. The predicted octanol–water partition coefficient (Wildman–Crippen LogP) is 1.13. The molecule has 1 fully saturated rings. The number of hydrogen-bond acceptors (Lipinski definition) is 2. The molecule has 0 radical (unpaired) electrons. The zero-order valence-corrected chi connectivity index (χ0v) is 7.67. The molecule has 0 aliphatic heterocycles. The van der Waals surface area contributed by atoms with Crippen LogP contribution in [-0.4, -0.2) is 17.3 Å². The minimum atomic E-state index is -0.303. The topological polar surface area (TPSA) is 46.2 Å². The van der Waals surface area contributed by atoms with E-state index in [2.05, 4.69) is 20.8 Å². The van der Waals surface area contributed by atoms with Crippen LogP contribution in [-0.2, 0) is 0 Å². The van der Waals surface area contributed by atoms with E-state index in [1.165, 1.54) is 0 Å². The minimum absolute atomic E-state index is 0.00468. The quantitative estimate of drug-likeness (QED) is 0.599. The maximum atomic E-state index is 9.76. The van der Waals surface area contributed by atoms with Gasteiger partial charge >= 0.3 is 0 Å². The van der Waals surface area contributed by atoms with Crippen molar-refractivity contribution >= 4 is 0 Å². The first kappa shape index (κ1) is 9.01. The van der Waals surface area contributed by atoms with Gasteiger partial charge in [0, 0.05) is 6.04 Å². The monoisotopic (exact) mass is 157 g/mol. The van der Waals surface area contributed by atoms with Crippen molar-refractivity contribution in [2.75, 3.05) is 0 Å². The Balaban J connectivity index is 2.78. The third-order valence-electron chi connectivity index (χ3n) is 3.59. The number of aliphatic hydroxyl groups excluding tert-OH is 1. The molecule has 11 heavy (non-hydrogen) atoms. The molecule has 2 unspecified atom stereocenters. The van der Waals surface area contributed by atoms with E-state index in [0.717, 1.165) is 12.8 Å². The maximum Gasteiger partial charge on any atom is 0.0747 e. The molecular formula is C9H19NO. The molecule has 66 valence electrons. The van der Waals surface area contributed by atoms with Crippen LogP contribution < -0.4 is 5.73 Å². The molecule has 1 saturated carbocycles. The van der Waals surface area contributed by atoms with Crippen LogP contribution in [0.2, 0.25) is 0 Å². The molecule has 3 N–H and O–H groups in total. The van der Waals surface area contributed by atoms with Crippen molar-refractivity contribution in [2.45, 2.75) is 45.8 Å². The van der Waals surface area contributed by atoms with Gasteiger partial charge in [0.2, 0.25) is 0 Å². The molecule has 0 bridgehead atoms. The van der Waals surface area contributed by atoms with Gasteiger partial charge in [-0.05, 0) is 24.2 Å². The van der Waals surface area contributed by atoms with E-state index in [1.807, 2.05) is 0 Å². The van der Waals surface area contributed by atoms with Crippen molar-refractivity contribution in [2.24, 2.45) is 17.1 Å². The summed E-state index contributed by atoms with van der Waals surface area (Å²) in [7, 11) is 0. The van der Waals surface area contributed by atoms with E-state index in [-0.39, 0.29) is 17.6 Å². The van der Waals surface area contributed by atoms with Crippen LogP contribution in [0.4, 0.5) is 0 Å². The molecule has 4 atom stereocenters. The number of aliphatic hydroxyl groups is 1. The van der Waals surface area contributed by atoms with Gasteiger partial charge in [0.1, 0.15) is 0 Å². The van der Waals surface area contributed by atoms with Gasteiger partial charge in [-0.3, -0.25) is 0 Å². The summed E-state index contributed by atoms with van der Waals surface area (Å²) in [5.41, 5.74) is 5.82. The van der Waals surface area contributed by atoms with Crippen LogP contribution in [0.1, 0.15) is 33.6 Å². The largest absolute Gasteiger partial charge is 0.391 e. The van der Waals surface area contributed by atoms with Gasteiger partial charge in [0.15, 0.2) is 0 Å². The fraction of sp³-hybridized carbons (Fsp3) is 1.00. The van der Waals surface area contributed by atoms with E-state index in [1.54, 1.807) is 0 Å². The van der Waals surface area contributed by atoms with Crippen LogP contribution in [0.25, 0.3) is 0 Å². The summed E-state index contributed by atoms with van der Waals surface area (Å²) in [5.74, 6) is 0.553. The van der Waals surface area contributed by atoms with Crippen molar-refractivity contribution in [3.8, 4) is 0 Å². The zero-order valence-electron chi connectivity index (χ0n) is 7.67. The molecule has 0 heterocycles. The Kier molecular flexibility index (Phi) is 2.26. The predicted molar refractivity (Wildman–Crippen MR) is 46.2 cm³/mol. The second-order valence-corrected chi connectivity index (χ2v) is 4.10. The lowest BCUT2D eigenvalue weighted by Crippen LogP contribution is -2.39. The summed E-state index contributed by atoms with van der Waals surface area (Å²) in [6.45, 7) is 6.44. The summed E-state index contributed by atoms with van der Waals surface area (Å²) < 4.78 is 0. The Labute approximate surface area is 68.8 Å². The van der Waals surface area contributed by atoms with E-state index in [0.29, 0.717) is 5.92 Å². The van der Waals surface area contributed by atoms with Crippen molar-refractivity contribution in [3.05, 3.63) is 0 Å². The van der Waals surface area contributed by atoms with E-state index in [4.69, 9.17) is 5.73 Å². The highest BCUT2D eigenvalue weighted by atomic mass is 16.3. The number of hydrogen-bond donors (Lipinski definition) is 2. The second kappa shape index (κ2) is 2.76. The third-order valence-corrected chi connectivity index (χ3v) is 3.59. The average Bonchev–Trinajstić information content (AvgIpc) is 2.16. The molecule has 0 aromatic heterocycles. The van der Waals surface area contributed by atoms with Gasteiger partial charge in [-0.25, -0.2) is 0 Å². The molecule has 2 heteroatoms. The van der Waals surface area contributed by atoms with Crippen LogP contribution in [0, 0.1) is 11.3 Å². The van der Waals surface area contributed by atoms with E-state index >= 15 is 0 Å². The van der Waals surface area contributed by atoms with Crippen LogP contribution in [0.5, 0.6) is 0 Å². The standard InChI is InChI=1S/C9H19NO/c1-4-9(3)6(2)5-7(10)8(9)11/h6-8,11H,4-5,10H2,1-3H3/t6?,7-,8?,9-/m1/s1. The Hall–Kier alpha value is -0.0800. The average molecular weight is 157 g/mol. The van der Waals surface area contributed by atoms with Gasteiger partial charge in [-0.1, -0.05) is 20.8 Å². The van der Waals surface area contributed by atoms with Gasteiger partial charge in [0.25, 0.3) is 0 Å². The summed E-state index contributed by atoms with van der Waals surface area (Å²) in [6, 6.07) is -0.00468. The Morgan fingerprint density at radius 1 is 1.64 bits per heavy atom. The smallest absolute Gasteiger partial charge is 0.0747 e. The normalized spacial score (nSPS) is 51.5. The molecule has 1 aliphatic carbocycles. The summed E-state index contributed by atoms with van der Waals surface area (Å²) in [5, 5.41) is 9.76. The van der Waals surface area contributed by atoms with Crippen molar-refractivity contribution in [3.63, 3.8) is 0 Å². The Morgan fingerprint density at radius 3 is 2.36 bits per heavy atom. The molecule has 2 nitrogen and oxygen atoms in total. The number of nitrogens with two attached hydrogens (primary N) is 1.